The Morgan fingerprint density at radius 3 is 2.76 bits per heavy atom. The van der Waals surface area contributed by atoms with Gasteiger partial charge in [-0.15, -0.1) is 0 Å². The summed E-state index contributed by atoms with van der Waals surface area (Å²) in [5.41, 5.74) is 5.43. The summed E-state index contributed by atoms with van der Waals surface area (Å²) >= 11 is 0. The van der Waals surface area contributed by atoms with Crippen molar-refractivity contribution in [2.24, 2.45) is 10.9 Å². The molecule has 1 aliphatic heterocycles. The zero-order valence-electron chi connectivity index (χ0n) is 14.1. The molecule has 1 fully saturated rings. The first-order valence-corrected chi connectivity index (χ1v) is 7.91. The standard InChI is InChI=1S/C17H21F4N3O/c1-11(25-14-3-4-16(22)15(18)9-14)5-7-23-12(2)24-8-6-13(10-24)17(19,20)21/h3-5,7,9,11,13H,6,8,10,22H2,1-2H3/b7-5-,23-12?. The van der Waals surface area contributed by atoms with Crippen LogP contribution in [0.5, 0.6) is 5.75 Å². The van der Waals surface area contributed by atoms with E-state index in [4.69, 9.17) is 10.5 Å². The molecule has 0 spiro atoms. The molecule has 25 heavy (non-hydrogen) atoms. The molecule has 2 rings (SSSR count). The van der Waals surface area contributed by atoms with E-state index in [1.807, 2.05) is 0 Å². The second-order valence-electron chi connectivity index (χ2n) is 6.00. The van der Waals surface area contributed by atoms with Crippen LogP contribution in [0, 0.1) is 11.7 Å². The maximum atomic E-state index is 13.3. The molecule has 1 heterocycles. The van der Waals surface area contributed by atoms with Crippen LogP contribution in [0.15, 0.2) is 35.5 Å². The van der Waals surface area contributed by atoms with Gasteiger partial charge in [0.2, 0.25) is 0 Å². The van der Waals surface area contributed by atoms with Crippen LogP contribution >= 0.6 is 0 Å². The van der Waals surface area contributed by atoms with E-state index in [1.165, 1.54) is 18.3 Å². The van der Waals surface area contributed by atoms with Gasteiger partial charge >= 0.3 is 6.18 Å². The van der Waals surface area contributed by atoms with Crippen molar-refractivity contribution in [3.05, 3.63) is 36.3 Å². The molecule has 2 atom stereocenters. The van der Waals surface area contributed by atoms with E-state index in [0.717, 1.165) is 0 Å². The Balaban J connectivity index is 1.88. The lowest BCUT2D eigenvalue weighted by Crippen LogP contribution is -2.30. The highest BCUT2D eigenvalue weighted by Gasteiger charge is 2.43. The van der Waals surface area contributed by atoms with Gasteiger partial charge in [-0.3, -0.25) is 0 Å². The minimum Gasteiger partial charge on any atom is -0.486 e. The average molecular weight is 359 g/mol. The van der Waals surface area contributed by atoms with Crippen LogP contribution in [-0.2, 0) is 0 Å². The van der Waals surface area contributed by atoms with Crippen LogP contribution in [0.1, 0.15) is 20.3 Å². The van der Waals surface area contributed by atoms with Crippen molar-refractivity contribution in [3.8, 4) is 5.75 Å². The fourth-order valence-corrected chi connectivity index (χ4v) is 2.51. The summed E-state index contributed by atoms with van der Waals surface area (Å²) in [6, 6.07) is 4.16. The number of nitrogens with two attached hydrogens (primary N) is 1. The molecule has 0 aliphatic carbocycles. The Hall–Kier alpha value is -2.25. The number of halogens is 4. The first-order chi connectivity index (χ1) is 11.7. The minimum absolute atomic E-state index is 0.0403. The quantitative estimate of drug-likeness (QED) is 0.383. The molecule has 0 aromatic heterocycles. The van der Waals surface area contributed by atoms with Gasteiger partial charge in [0.25, 0.3) is 0 Å². The number of alkyl halides is 3. The molecule has 0 bridgehead atoms. The van der Waals surface area contributed by atoms with Crippen molar-refractivity contribution in [2.75, 3.05) is 18.8 Å². The molecule has 1 aliphatic rings. The summed E-state index contributed by atoms with van der Waals surface area (Å²) < 4.78 is 56.9. The highest BCUT2D eigenvalue weighted by Crippen LogP contribution is 2.33. The fourth-order valence-electron chi connectivity index (χ4n) is 2.51. The third-order valence-electron chi connectivity index (χ3n) is 4.02. The van der Waals surface area contributed by atoms with Gasteiger partial charge in [0, 0.05) is 25.4 Å². The number of anilines is 1. The predicted molar refractivity (Wildman–Crippen MR) is 88.9 cm³/mol. The van der Waals surface area contributed by atoms with Gasteiger partial charge in [0.15, 0.2) is 0 Å². The Labute approximate surface area is 144 Å². The van der Waals surface area contributed by atoms with E-state index in [9.17, 15) is 17.6 Å². The van der Waals surface area contributed by atoms with Crippen molar-refractivity contribution in [2.45, 2.75) is 32.5 Å². The lowest BCUT2D eigenvalue weighted by molar-refractivity contribution is -0.169. The SMILES string of the molecule is CC(=N/C=C\C(C)Oc1ccc(N)c(F)c1)N1CCC(C(F)(F)F)C1. The van der Waals surface area contributed by atoms with Gasteiger partial charge in [0.1, 0.15) is 23.5 Å². The van der Waals surface area contributed by atoms with Crippen LogP contribution in [0.25, 0.3) is 0 Å². The molecule has 1 aromatic rings. The van der Waals surface area contributed by atoms with Crippen molar-refractivity contribution in [3.63, 3.8) is 0 Å². The number of aliphatic imine (C=N–C) groups is 1. The predicted octanol–water partition coefficient (Wildman–Crippen LogP) is 3.99. The molecule has 2 unspecified atom stereocenters. The maximum absolute atomic E-state index is 13.3. The highest BCUT2D eigenvalue weighted by atomic mass is 19.4. The fraction of sp³-hybridized carbons (Fsp3) is 0.471. The highest BCUT2D eigenvalue weighted by molar-refractivity contribution is 5.80. The molecule has 1 saturated heterocycles. The average Bonchev–Trinajstić information content (AvgIpc) is 3.01. The number of hydrogen-bond acceptors (Lipinski definition) is 3. The Bertz CT molecular complexity index is 658. The van der Waals surface area contributed by atoms with E-state index in [1.54, 1.807) is 30.9 Å². The van der Waals surface area contributed by atoms with Crippen molar-refractivity contribution >= 4 is 11.5 Å². The Morgan fingerprint density at radius 1 is 1.44 bits per heavy atom. The summed E-state index contributed by atoms with van der Waals surface area (Å²) in [5.74, 6) is -1.01. The van der Waals surface area contributed by atoms with Crippen molar-refractivity contribution < 1.29 is 22.3 Å². The van der Waals surface area contributed by atoms with Gasteiger partial charge in [-0.25, -0.2) is 9.38 Å². The summed E-state index contributed by atoms with van der Waals surface area (Å²) in [6.07, 6.45) is -1.35. The number of hydrogen-bond donors (Lipinski definition) is 1. The van der Waals surface area contributed by atoms with E-state index in [0.29, 0.717) is 18.1 Å². The van der Waals surface area contributed by atoms with Crippen LogP contribution in [0.4, 0.5) is 23.2 Å². The van der Waals surface area contributed by atoms with Crippen LogP contribution < -0.4 is 10.5 Å². The lowest BCUT2D eigenvalue weighted by Gasteiger charge is -2.18. The normalized spacial score (nSPS) is 20.3. The molecule has 0 radical (unpaired) electrons. The lowest BCUT2D eigenvalue weighted by atomic mass is 10.1. The number of likely N-dealkylation sites (tertiary alicyclic amines) is 1. The number of nitrogen functional groups attached to an aromatic ring is 1. The molecule has 4 nitrogen and oxygen atoms in total. The summed E-state index contributed by atoms with van der Waals surface area (Å²) in [7, 11) is 0. The molecule has 8 heteroatoms. The number of rotatable bonds is 4. The van der Waals surface area contributed by atoms with Gasteiger partial charge in [-0.2, -0.15) is 13.2 Å². The summed E-state index contributed by atoms with van der Waals surface area (Å²) in [5, 5.41) is 0. The van der Waals surface area contributed by atoms with Gasteiger partial charge < -0.3 is 15.4 Å². The number of nitrogens with zero attached hydrogens (tertiary/aromatic N) is 2. The van der Waals surface area contributed by atoms with Crippen molar-refractivity contribution in [1.29, 1.82) is 0 Å². The third kappa shape index (κ3) is 5.37. The molecule has 0 amide bonds. The molecule has 138 valence electrons. The molecule has 1 aromatic carbocycles. The van der Waals surface area contributed by atoms with E-state index < -0.39 is 17.9 Å². The third-order valence-corrected chi connectivity index (χ3v) is 4.02. The Morgan fingerprint density at radius 2 is 2.16 bits per heavy atom. The molecular formula is C17H21F4N3O. The van der Waals surface area contributed by atoms with E-state index in [2.05, 4.69) is 4.99 Å². The van der Waals surface area contributed by atoms with E-state index in [-0.39, 0.29) is 24.8 Å². The maximum Gasteiger partial charge on any atom is 0.393 e. The number of ether oxygens (including phenoxy) is 1. The summed E-state index contributed by atoms with van der Waals surface area (Å²) in [6.45, 7) is 3.68. The van der Waals surface area contributed by atoms with Crippen molar-refractivity contribution in [1.82, 2.24) is 4.90 Å². The monoisotopic (exact) mass is 359 g/mol. The first kappa shape index (κ1) is 19.1. The van der Waals surface area contributed by atoms with Crippen LogP contribution in [0.3, 0.4) is 0 Å². The number of benzene rings is 1. The smallest absolute Gasteiger partial charge is 0.393 e. The second kappa shape index (κ2) is 7.76. The Kier molecular flexibility index (Phi) is 5.92. The summed E-state index contributed by atoms with van der Waals surface area (Å²) in [4.78, 5) is 5.77. The van der Waals surface area contributed by atoms with Gasteiger partial charge in [0.05, 0.1) is 11.6 Å². The number of amidine groups is 1. The van der Waals surface area contributed by atoms with Gasteiger partial charge in [-0.1, -0.05) is 0 Å². The zero-order chi connectivity index (χ0) is 18.6. The largest absolute Gasteiger partial charge is 0.486 e. The van der Waals surface area contributed by atoms with Crippen LogP contribution in [0.2, 0.25) is 0 Å². The molecule has 0 saturated carbocycles. The first-order valence-electron chi connectivity index (χ1n) is 7.91. The second-order valence-corrected chi connectivity index (χ2v) is 6.00. The molecule has 2 N–H and O–H groups in total. The van der Waals surface area contributed by atoms with Crippen LogP contribution in [-0.4, -0.2) is 36.1 Å². The van der Waals surface area contributed by atoms with E-state index >= 15 is 0 Å². The molecular weight excluding hydrogens is 338 g/mol. The minimum atomic E-state index is -4.17. The zero-order valence-corrected chi connectivity index (χ0v) is 14.1. The van der Waals surface area contributed by atoms with Gasteiger partial charge in [-0.05, 0) is 38.5 Å². The topological polar surface area (TPSA) is 50.9 Å².